The van der Waals surface area contributed by atoms with Gasteiger partial charge in [0.1, 0.15) is 0 Å². The Hall–Kier alpha value is -1.98. The molecule has 0 saturated heterocycles. The first-order valence-corrected chi connectivity index (χ1v) is 7.09. The van der Waals surface area contributed by atoms with Crippen LogP contribution in [-0.4, -0.2) is 14.7 Å². The number of nitrogens with two attached hydrogens (primary N) is 1. The van der Waals surface area contributed by atoms with Gasteiger partial charge in [-0.3, -0.25) is 4.79 Å². The molecule has 2 aromatic carbocycles. The summed E-state index contributed by atoms with van der Waals surface area (Å²) in [4.78, 5) is 10.9. The standard InChI is InChI=1S/C14H12NO3S/c1-10-11(9-16)5-4-7-12(10)13-6-2-3-8-14(13)19(15,17)18/h2-8H,1H3,(H2,15,17,18). The highest BCUT2D eigenvalue weighted by Gasteiger charge is 2.16. The lowest BCUT2D eigenvalue weighted by Crippen LogP contribution is -2.13. The van der Waals surface area contributed by atoms with Crippen LogP contribution in [0.2, 0.25) is 0 Å². The average molecular weight is 274 g/mol. The summed E-state index contributed by atoms with van der Waals surface area (Å²) < 4.78 is 23.2. The molecular formula is C14H12NO3S. The minimum atomic E-state index is -3.82. The summed E-state index contributed by atoms with van der Waals surface area (Å²) >= 11 is 0. The molecule has 0 amide bonds. The van der Waals surface area contributed by atoms with Crippen molar-refractivity contribution in [1.29, 1.82) is 0 Å². The van der Waals surface area contributed by atoms with Gasteiger partial charge < -0.3 is 0 Å². The molecule has 19 heavy (non-hydrogen) atoms. The Kier molecular flexibility index (Phi) is 3.50. The van der Waals surface area contributed by atoms with Crippen molar-refractivity contribution in [2.45, 2.75) is 11.8 Å². The Labute approximate surface area is 111 Å². The van der Waals surface area contributed by atoms with Crippen LogP contribution in [0.1, 0.15) is 11.1 Å². The fraction of sp³-hybridized carbons (Fsp3) is 0.0714. The third-order valence-corrected chi connectivity index (χ3v) is 3.90. The molecule has 4 nitrogen and oxygen atoms in total. The largest absolute Gasteiger partial charge is 0.285 e. The fourth-order valence-electron chi connectivity index (χ4n) is 1.98. The SMILES string of the molecule is Cc1c([C]=O)cccc1-c1ccccc1S(N)(=O)=O. The Balaban J connectivity index is 2.77. The second kappa shape index (κ2) is 4.95. The summed E-state index contributed by atoms with van der Waals surface area (Å²) in [5, 5.41) is 5.21. The zero-order valence-electron chi connectivity index (χ0n) is 10.3. The number of carbonyl (C=O) groups excluding carboxylic acids is 1. The van der Waals surface area contributed by atoms with Crippen LogP contribution in [0.5, 0.6) is 0 Å². The van der Waals surface area contributed by atoms with Gasteiger partial charge in [0.05, 0.1) is 4.90 Å². The van der Waals surface area contributed by atoms with Crippen LogP contribution in [0.4, 0.5) is 0 Å². The lowest BCUT2D eigenvalue weighted by atomic mass is 9.97. The Morgan fingerprint density at radius 1 is 1.00 bits per heavy atom. The van der Waals surface area contributed by atoms with E-state index in [1.807, 2.05) is 6.29 Å². The molecular weight excluding hydrogens is 262 g/mol. The maximum Gasteiger partial charge on any atom is 0.238 e. The van der Waals surface area contributed by atoms with Gasteiger partial charge in [-0.25, -0.2) is 13.6 Å². The van der Waals surface area contributed by atoms with Crippen LogP contribution in [-0.2, 0) is 14.8 Å². The Morgan fingerprint density at radius 3 is 2.26 bits per heavy atom. The van der Waals surface area contributed by atoms with E-state index < -0.39 is 10.0 Å². The Bertz CT molecular complexity index is 736. The van der Waals surface area contributed by atoms with E-state index in [0.717, 1.165) is 0 Å². The van der Waals surface area contributed by atoms with Crippen molar-refractivity contribution >= 4 is 16.3 Å². The predicted octanol–water partition coefficient (Wildman–Crippen LogP) is 1.77. The van der Waals surface area contributed by atoms with Crippen LogP contribution in [0, 0.1) is 6.92 Å². The predicted molar refractivity (Wildman–Crippen MR) is 72.8 cm³/mol. The number of rotatable bonds is 3. The van der Waals surface area contributed by atoms with Crippen molar-refractivity contribution in [3.05, 3.63) is 53.6 Å². The molecule has 5 heteroatoms. The normalized spacial score (nSPS) is 11.3. The molecule has 0 unspecified atom stereocenters. The smallest absolute Gasteiger partial charge is 0.238 e. The number of benzene rings is 2. The summed E-state index contributed by atoms with van der Waals surface area (Å²) in [7, 11) is -3.82. The molecule has 0 atom stereocenters. The minimum absolute atomic E-state index is 0.0427. The van der Waals surface area contributed by atoms with Crippen LogP contribution in [0.3, 0.4) is 0 Å². The van der Waals surface area contributed by atoms with Crippen LogP contribution in [0.15, 0.2) is 47.4 Å². The number of primary sulfonamides is 1. The van der Waals surface area contributed by atoms with Gasteiger partial charge in [0, 0.05) is 11.1 Å². The molecule has 0 saturated carbocycles. The fourth-order valence-corrected chi connectivity index (χ4v) is 2.73. The molecule has 97 valence electrons. The van der Waals surface area contributed by atoms with E-state index in [9.17, 15) is 13.2 Å². The van der Waals surface area contributed by atoms with Gasteiger partial charge in [0.2, 0.25) is 16.3 Å². The van der Waals surface area contributed by atoms with Crippen molar-refractivity contribution in [2.75, 3.05) is 0 Å². The highest BCUT2D eigenvalue weighted by molar-refractivity contribution is 7.89. The summed E-state index contributed by atoms with van der Waals surface area (Å²) in [6.45, 7) is 1.75. The molecule has 0 spiro atoms. The average Bonchev–Trinajstić information content (AvgIpc) is 2.38. The molecule has 0 aromatic heterocycles. The summed E-state index contributed by atoms with van der Waals surface area (Å²) in [5.41, 5.74) is 2.22. The van der Waals surface area contributed by atoms with Crippen molar-refractivity contribution in [2.24, 2.45) is 5.14 Å². The lowest BCUT2D eigenvalue weighted by molar-refractivity contribution is 0.562. The quantitative estimate of drug-likeness (QED) is 0.926. The van der Waals surface area contributed by atoms with Crippen LogP contribution >= 0.6 is 0 Å². The van der Waals surface area contributed by atoms with Gasteiger partial charge in [0.15, 0.2) is 0 Å². The van der Waals surface area contributed by atoms with E-state index in [-0.39, 0.29) is 4.90 Å². The van der Waals surface area contributed by atoms with Gasteiger partial charge >= 0.3 is 0 Å². The third-order valence-electron chi connectivity index (χ3n) is 2.93. The van der Waals surface area contributed by atoms with Crippen molar-refractivity contribution < 1.29 is 13.2 Å². The lowest BCUT2D eigenvalue weighted by Gasteiger charge is -2.11. The van der Waals surface area contributed by atoms with Crippen molar-refractivity contribution in [1.82, 2.24) is 0 Å². The topological polar surface area (TPSA) is 77.2 Å². The van der Waals surface area contributed by atoms with Crippen LogP contribution < -0.4 is 5.14 Å². The van der Waals surface area contributed by atoms with Gasteiger partial charge in [0.25, 0.3) is 0 Å². The molecule has 0 heterocycles. The molecule has 0 fully saturated rings. The maximum atomic E-state index is 11.6. The first kappa shape index (κ1) is 13.5. The van der Waals surface area contributed by atoms with E-state index in [2.05, 4.69) is 0 Å². The third kappa shape index (κ3) is 2.57. The molecule has 0 aliphatic carbocycles. The van der Waals surface area contributed by atoms with E-state index in [1.165, 1.54) is 6.07 Å². The molecule has 2 rings (SSSR count). The summed E-state index contributed by atoms with van der Waals surface area (Å²) in [6, 6.07) is 11.5. The maximum absolute atomic E-state index is 11.6. The van der Waals surface area contributed by atoms with E-state index in [1.54, 1.807) is 43.3 Å². The minimum Gasteiger partial charge on any atom is -0.285 e. The Morgan fingerprint density at radius 2 is 1.63 bits per heavy atom. The highest BCUT2D eigenvalue weighted by atomic mass is 32.2. The molecule has 0 aliphatic rings. The molecule has 1 radical (unpaired) electrons. The molecule has 0 bridgehead atoms. The van der Waals surface area contributed by atoms with Crippen molar-refractivity contribution in [3.8, 4) is 11.1 Å². The van der Waals surface area contributed by atoms with E-state index >= 15 is 0 Å². The zero-order valence-corrected chi connectivity index (χ0v) is 11.1. The van der Waals surface area contributed by atoms with E-state index in [0.29, 0.717) is 22.3 Å². The number of hydrogen-bond donors (Lipinski definition) is 1. The second-order valence-corrected chi connectivity index (χ2v) is 5.65. The molecule has 2 N–H and O–H groups in total. The van der Waals surface area contributed by atoms with E-state index in [4.69, 9.17) is 5.14 Å². The second-order valence-electron chi connectivity index (χ2n) is 4.12. The van der Waals surface area contributed by atoms with Gasteiger partial charge in [-0.15, -0.1) is 0 Å². The number of sulfonamides is 1. The molecule has 0 aliphatic heterocycles. The van der Waals surface area contributed by atoms with Gasteiger partial charge in [-0.1, -0.05) is 36.4 Å². The molecule has 2 aromatic rings. The van der Waals surface area contributed by atoms with Gasteiger partial charge in [-0.05, 0) is 24.1 Å². The first-order chi connectivity index (χ1) is 8.95. The summed E-state index contributed by atoms with van der Waals surface area (Å²) in [5.74, 6) is 0. The zero-order chi connectivity index (χ0) is 14.0. The monoisotopic (exact) mass is 274 g/mol. The van der Waals surface area contributed by atoms with Gasteiger partial charge in [-0.2, -0.15) is 0 Å². The van der Waals surface area contributed by atoms with Crippen molar-refractivity contribution in [3.63, 3.8) is 0 Å². The highest BCUT2D eigenvalue weighted by Crippen LogP contribution is 2.30. The van der Waals surface area contributed by atoms with Crippen LogP contribution in [0.25, 0.3) is 11.1 Å². The summed E-state index contributed by atoms with van der Waals surface area (Å²) in [6.07, 6.45) is 1.83. The first-order valence-electron chi connectivity index (χ1n) is 5.55. The number of hydrogen-bond acceptors (Lipinski definition) is 3.